The molecule has 3 N–H and O–H groups in total. The van der Waals surface area contributed by atoms with Gasteiger partial charge in [0.05, 0.1) is 17.2 Å². The first-order valence-electron chi connectivity index (χ1n) is 11.3. The van der Waals surface area contributed by atoms with E-state index < -0.39 is 5.60 Å². The van der Waals surface area contributed by atoms with Crippen LogP contribution in [-0.2, 0) is 4.74 Å². The van der Waals surface area contributed by atoms with Crippen LogP contribution in [0.4, 0.5) is 4.79 Å². The molecule has 0 radical (unpaired) electrons. The van der Waals surface area contributed by atoms with Crippen LogP contribution in [0.1, 0.15) is 58.9 Å². The van der Waals surface area contributed by atoms with Gasteiger partial charge in [0.2, 0.25) is 0 Å². The van der Waals surface area contributed by atoms with Gasteiger partial charge in [-0.15, -0.1) is 0 Å². The molecule has 0 saturated heterocycles. The van der Waals surface area contributed by atoms with E-state index in [0.717, 1.165) is 54.2 Å². The van der Waals surface area contributed by atoms with Crippen LogP contribution < -0.4 is 11.0 Å². The summed E-state index contributed by atoms with van der Waals surface area (Å²) in [5.41, 5.74) is 1.75. The fourth-order valence-corrected chi connectivity index (χ4v) is 7.00. The van der Waals surface area contributed by atoms with Crippen LogP contribution in [-0.4, -0.2) is 36.8 Å². The predicted octanol–water partition coefficient (Wildman–Crippen LogP) is 3.85. The number of amides is 1. The van der Waals surface area contributed by atoms with Crippen molar-refractivity contribution >= 4 is 28.2 Å². The molecular formula is C23H29N5O3. The lowest BCUT2D eigenvalue weighted by Gasteiger charge is -2.60. The van der Waals surface area contributed by atoms with Crippen LogP contribution in [0.3, 0.4) is 0 Å². The summed E-state index contributed by atoms with van der Waals surface area (Å²) in [5.74, 6) is 1.32. The molecule has 4 bridgehead atoms. The number of hydrogen-bond acceptors (Lipinski definition) is 4. The van der Waals surface area contributed by atoms with Crippen LogP contribution in [0.15, 0.2) is 23.3 Å². The number of rotatable bonds is 2. The minimum Gasteiger partial charge on any atom is -0.444 e. The maximum absolute atomic E-state index is 13.1. The van der Waals surface area contributed by atoms with Crippen molar-refractivity contribution in [2.45, 2.75) is 70.1 Å². The molecule has 0 spiro atoms. The summed E-state index contributed by atoms with van der Waals surface area (Å²) in [4.78, 5) is 36.3. The van der Waals surface area contributed by atoms with Crippen LogP contribution in [0, 0.1) is 17.8 Å². The SMILES string of the molecule is CC(C)(C)OC(=O)NC12CC3CC(C1)C(n1c(=O)[nH]c4cnc5[nH]ccc5c41)C(C3)C2. The zero-order valence-corrected chi connectivity index (χ0v) is 18.2. The van der Waals surface area contributed by atoms with Crippen molar-refractivity contribution in [3.63, 3.8) is 0 Å². The van der Waals surface area contributed by atoms with Gasteiger partial charge in [-0.2, -0.15) is 0 Å². The third-order valence-electron chi connectivity index (χ3n) is 7.55. The second-order valence-corrected chi connectivity index (χ2v) is 10.9. The molecule has 8 heteroatoms. The van der Waals surface area contributed by atoms with Crippen LogP contribution >= 0.6 is 0 Å². The van der Waals surface area contributed by atoms with E-state index in [9.17, 15) is 9.59 Å². The topological polar surface area (TPSA) is 105 Å². The molecule has 2 unspecified atom stereocenters. The lowest BCUT2D eigenvalue weighted by molar-refractivity contribution is -0.0614. The van der Waals surface area contributed by atoms with Gasteiger partial charge in [0, 0.05) is 23.2 Å². The summed E-state index contributed by atoms with van der Waals surface area (Å²) in [6.07, 6.45) is 8.31. The molecule has 1 amide bonds. The Morgan fingerprint density at radius 3 is 2.71 bits per heavy atom. The third-order valence-corrected chi connectivity index (χ3v) is 7.55. The predicted molar refractivity (Wildman–Crippen MR) is 117 cm³/mol. The van der Waals surface area contributed by atoms with Crippen LogP contribution in [0.2, 0.25) is 0 Å². The van der Waals surface area contributed by atoms with E-state index in [1.165, 1.54) is 0 Å². The highest BCUT2D eigenvalue weighted by Gasteiger charge is 2.57. The standard InChI is InChI=1S/C23H29N5O3/c1-22(2,3)31-21(30)27-23-8-12-6-13(9-23)17(14(7-12)10-23)28-18-15-4-5-24-19(15)25-11-16(18)26-20(28)29/h4-5,11-14,17H,6-10H2,1-3H3,(H,24,25)(H,26,29)(H,27,30). The van der Waals surface area contributed by atoms with Gasteiger partial charge in [-0.25, -0.2) is 14.6 Å². The van der Waals surface area contributed by atoms with E-state index in [0.29, 0.717) is 17.8 Å². The van der Waals surface area contributed by atoms with E-state index >= 15 is 0 Å². The minimum absolute atomic E-state index is 0.0582. The molecule has 0 aromatic carbocycles. The number of carbonyl (C=O) groups is 1. The average Bonchev–Trinajstić information content (AvgIpc) is 3.22. The highest BCUT2D eigenvalue weighted by atomic mass is 16.6. The Kier molecular flexibility index (Phi) is 3.76. The molecule has 4 fully saturated rings. The van der Waals surface area contributed by atoms with Gasteiger partial charge in [-0.3, -0.25) is 4.57 Å². The first-order chi connectivity index (χ1) is 14.7. The number of aromatic nitrogens is 4. The molecule has 3 heterocycles. The van der Waals surface area contributed by atoms with Crippen molar-refractivity contribution in [2.75, 3.05) is 0 Å². The summed E-state index contributed by atoms with van der Waals surface area (Å²) in [5, 5.41) is 4.23. The minimum atomic E-state index is -0.512. The summed E-state index contributed by atoms with van der Waals surface area (Å²) >= 11 is 0. The monoisotopic (exact) mass is 423 g/mol. The lowest BCUT2D eigenvalue weighted by atomic mass is 9.51. The Hall–Kier alpha value is -2.77. The van der Waals surface area contributed by atoms with Crippen molar-refractivity contribution in [3.05, 3.63) is 28.9 Å². The lowest BCUT2D eigenvalue weighted by Crippen LogP contribution is -2.63. The van der Waals surface area contributed by atoms with Crippen molar-refractivity contribution < 1.29 is 9.53 Å². The summed E-state index contributed by atoms with van der Waals surface area (Å²) in [6, 6.07) is 2.14. The van der Waals surface area contributed by atoms with Gasteiger partial charge in [0.1, 0.15) is 11.2 Å². The molecule has 7 rings (SSSR count). The smallest absolute Gasteiger partial charge is 0.408 e. The number of fused-ring (bicyclic) bond motifs is 3. The number of aromatic amines is 2. The van der Waals surface area contributed by atoms with Gasteiger partial charge in [0.25, 0.3) is 0 Å². The van der Waals surface area contributed by atoms with Gasteiger partial charge in [-0.1, -0.05) is 0 Å². The van der Waals surface area contributed by atoms with E-state index in [1.807, 2.05) is 37.6 Å². The maximum Gasteiger partial charge on any atom is 0.408 e. The fraction of sp³-hybridized carbons (Fsp3) is 0.609. The number of nitrogens with zero attached hydrogens (tertiary/aromatic N) is 2. The molecule has 2 atom stereocenters. The number of imidazole rings is 1. The van der Waals surface area contributed by atoms with Crippen molar-refractivity contribution in [1.29, 1.82) is 0 Å². The molecule has 8 nitrogen and oxygen atoms in total. The summed E-state index contributed by atoms with van der Waals surface area (Å²) < 4.78 is 7.57. The number of H-pyrrole nitrogens is 2. The number of pyridine rings is 1. The molecule has 3 aromatic rings. The largest absolute Gasteiger partial charge is 0.444 e. The molecule has 31 heavy (non-hydrogen) atoms. The Morgan fingerprint density at radius 2 is 2.00 bits per heavy atom. The second kappa shape index (κ2) is 6.14. The number of hydrogen-bond donors (Lipinski definition) is 3. The quantitative estimate of drug-likeness (QED) is 0.582. The fourth-order valence-electron chi connectivity index (χ4n) is 7.00. The van der Waals surface area contributed by atoms with Crippen LogP contribution in [0.5, 0.6) is 0 Å². The summed E-state index contributed by atoms with van der Waals surface area (Å²) in [7, 11) is 0. The molecule has 4 aliphatic carbocycles. The number of nitrogens with one attached hydrogen (secondary N) is 3. The molecule has 164 valence electrons. The average molecular weight is 424 g/mol. The molecule has 0 aliphatic heterocycles. The zero-order chi connectivity index (χ0) is 21.5. The third kappa shape index (κ3) is 2.91. The first-order valence-corrected chi connectivity index (χ1v) is 11.3. The molecular weight excluding hydrogens is 394 g/mol. The van der Waals surface area contributed by atoms with E-state index in [1.54, 1.807) is 6.20 Å². The van der Waals surface area contributed by atoms with Crippen molar-refractivity contribution in [2.24, 2.45) is 17.8 Å². The van der Waals surface area contributed by atoms with Crippen molar-refractivity contribution in [3.8, 4) is 0 Å². The molecule has 4 saturated carbocycles. The van der Waals surface area contributed by atoms with E-state index in [4.69, 9.17) is 4.74 Å². The van der Waals surface area contributed by atoms with Gasteiger partial charge in [0.15, 0.2) is 0 Å². The zero-order valence-electron chi connectivity index (χ0n) is 18.2. The normalized spacial score (nSPS) is 32.1. The summed E-state index contributed by atoms with van der Waals surface area (Å²) in [6.45, 7) is 5.67. The number of alkyl carbamates (subject to hydrolysis) is 1. The Bertz CT molecular complexity index is 1230. The van der Waals surface area contributed by atoms with Crippen molar-refractivity contribution in [1.82, 2.24) is 24.8 Å². The number of carbonyl (C=O) groups excluding carboxylic acids is 1. The van der Waals surface area contributed by atoms with Gasteiger partial charge < -0.3 is 20.0 Å². The highest BCUT2D eigenvalue weighted by molar-refractivity contribution is 6.00. The van der Waals surface area contributed by atoms with E-state index in [-0.39, 0.29) is 23.4 Å². The number of ether oxygens (including phenoxy) is 1. The maximum atomic E-state index is 13.1. The Labute approximate surface area is 179 Å². The Morgan fingerprint density at radius 1 is 1.26 bits per heavy atom. The van der Waals surface area contributed by atoms with Gasteiger partial charge in [-0.05, 0) is 76.7 Å². The second-order valence-electron chi connectivity index (χ2n) is 10.9. The van der Waals surface area contributed by atoms with E-state index in [2.05, 4.69) is 20.3 Å². The molecule has 4 aliphatic rings. The Balaban J connectivity index is 1.38. The van der Waals surface area contributed by atoms with Crippen LogP contribution in [0.25, 0.3) is 22.1 Å². The van der Waals surface area contributed by atoms with Gasteiger partial charge >= 0.3 is 11.8 Å². The molecule has 3 aromatic heterocycles. The first kappa shape index (κ1) is 19.0. The highest BCUT2D eigenvalue weighted by Crippen LogP contribution is 2.60.